The fraction of sp³-hybridized carbons (Fsp3) is 0.846. The second-order valence-electron chi connectivity index (χ2n) is 6.51. The molecular formula is C13H5F18NNa2O6S. The Morgan fingerprint density at radius 2 is 0.805 bits per heavy atom. The van der Waals surface area contributed by atoms with Crippen molar-refractivity contribution >= 4 is 22.4 Å². The third kappa shape index (κ3) is 9.64. The van der Waals surface area contributed by atoms with Gasteiger partial charge in [0.15, 0.2) is 0 Å². The molecule has 0 spiro atoms. The summed E-state index contributed by atoms with van der Waals surface area (Å²) in [4.78, 5) is 20.0. The van der Waals surface area contributed by atoms with Crippen LogP contribution in [0.15, 0.2) is 4.36 Å². The molecule has 0 saturated carbocycles. The predicted molar refractivity (Wildman–Crippen MR) is 76.2 cm³/mol. The van der Waals surface area contributed by atoms with Gasteiger partial charge in [-0.25, -0.2) is 0 Å². The molecule has 0 aliphatic heterocycles. The summed E-state index contributed by atoms with van der Waals surface area (Å²) in [6.07, 6.45) is -16.7. The van der Waals surface area contributed by atoms with Crippen LogP contribution in [0.3, 0.4) is 0 Å². The Kier molecular flexibility index (Phi) is 17.1. The van der Waals surface area contributed by atoms with E-state index in [0.717, 1.165) is 0 Å². The molecular weight excluding hydrogens is 686 g/mol. The molecule has 0 bridgehead atoms. The van der Waals surface area contributed by atoms with Gasteiger partial charge >= 0.3 is 118 Å². The minimum atomic E-state index is -8.72. The van der Waals surface area contributed by atoms with Gasteiger partial charge in [-0.2, -0.15) is 91.8 Å². The zero-order valence-corrected chi connectivity index (χ0v) is 23.9. The first-order valence-corrected chi connectivity index (χ1v) is 9.32. The molecule has 232 valence electrons. The van der Waals surface area contributed by atoms with Gasteiger partial charge in [0.2, 0.25) is 0 Å². The van der Waals surface area contributed by atoms with Crippen LogP contribution >= 0.6 is 0 Å². The van der Waals surface area contributed by atoms with Gasteiger partial charge in [0.1, 0.15) is 6.04 Å². The summed E-state index contributed by atoms with van der Waals surface area (Å²) in [5.41, 5.74) is 0. The van der Waals surface area contributed by atoms with E-state index in [2.05, 4.69) is 4.36 Å². The Bertz CT molecular complexity index is 987. The summed E-state index contributed by atoms with van der Waals surface area (Å²) in [6.45, 7) is 0. The van der Waals surface area contributed by atoms with Crippen molar-refractivity contribution < 1.29 is 166 Å². The standard InChI is InChI=1S/C8F18.C5H7NO6S.2Na/c9-1(10,3(13,14)5(17,18)7(21,22)23)2(11,12)4(15,16)6(19,20)8(24,25)26;7-4(8)2-1-3(5(9)10)6-13(11)12;;/h;3H,1-2H2,(H,7,8)(H,9,10);;/q;;2*+1/p-2/t;3-;;/m.0../s1. The van der Waals surface area contributed by atoms with Crippen LogP contribution in [0.4, 0.5) is 79.0 Å². The van der Waals surface area contributed by atoms with E-state index >= 15 is 0 Å². The number of hydrogen-bond donors (Lipinski definition) is 0. The first kappa shape index (κ1) is 47.2. The van der Waals surface area contributed by atoms with Crippen molar-refractivity contribution in [2.75, 3.05) is 0 Å². The van der Waals surface area contributed by atoms with Crippen molar-refractivity contribution in [2.24, 2.45) is 4.36 Å². The molecule has 0 N–H and O–H groups in total. The van der Waals surface area contributed by atoms with Crippen molar-refractivity contribution in [1.82, 2.24) is 0 Å². The predicted octanol–water partition coefficient (Wildman–Crippen LogP) is -3.37. The molecule has 0 unspecified atom stereocenters. The van der Waals surface area contributed by atoms with E-state index in [1.54, 1.807) is 0 Å². The fourth-order valence-corrected chi connectivity index (χ4v) is 2.12. The van der Waals surface area contributed by atoms with E-state index < -0.39 is 89.2 Å². The number of aliphatic carboxylic acids is 2. The van der Waals surface area contributed by atoms with Gasteiger partial charge in [0, 0.05) is 5.97 Å². The molecule has 0 aromatic heterocycles. The van der Waals surface area contributed by atoms with E-state index in [1.165, 1.54) is 0 Å². The van der Waals surface area contributed by atoms with Crippen molar-refractivity contribution in [2.45, 2.75) is 66.8 Å². The monoisotopic (exact) mass is 691 g/mol. The zero-order valence-electron chi connectivity index (χ0n) is 19.1. The molecule has 0 aromatic rings. The summed E-state index contributed by atoms with van der Waals surface area (Å²) < 4.78 is 243. The smallest absolute Gasteiger partial charge is 0.550 e. The second-order valence-corrected chi connectivity index (χ2v) is 7.15. The van der Waals surface area contributed by atoms with E-state index in [1.807, 2.05) is 0 Å². The van der Waals surface area contributed by atoms with Gasteiger partial charge in [0.25, 0.3) is 0 Å². The van der Waals surface area contributed by atoms with Gasteiger partial charge in [-0.1, -0.05) is 0 Å². The van der Waals surface area contributed by atoms with Crippen LogP contribution in [-0.2, 0) is 20.1 Å². The Morgan fingerprint density at radius 3 is 0.976 bits per heavy atom. The van der Waals surface area contributed by atoms with Crippen molar-refractivity contribution in [1.29, 1.82) is 0 Å². The minimum absolute atomic E-state index is 0. The number of halogens is 18. The van der Waals surface area contributed by atoms with Crippen LogP contribution in [0, 0.1) is 0 Å². The molecule has 0 radical (unpaired) electrons. The topological polar surface area (TPSA) is 127 Å². The summed E-state index contributed by atoms with van der Waals surface area (Å²) in [7, 11) is -2.89. The number of carboxylic acids is 2. The van der Waals surface area contributed by atoms with Gasteiger partial charge in [-0.15, -0.1) is 0 Å². The SMILES string of the molecule is FC(F)(F)C(F)(F)C(F)(F)C(F)(F)C(F)(F)C(F)(F)C(F)(F)C(F)(F)F.O=C([O-])CC[C@H](N=S(=O)=O)C(=O)[O-].[Na+].[Na+]. The van der Waals surface area contributed by atoms with Crippen molar-refractivity contribution in [3.05, 3.63) is 0 Å². The average Bonchev–Trinajstić information content (AvgIpc) is 2.68. The Morgan fingerprint density at radius 1 is 0.561 bits per heavy atom. The Balaban J connectivity index is -0.000000388. The maximum absolute atomic E-state index is 12.8. The number of carbonyl (C=O) groups excluding carboxylic acids is 2. The van der Waals surface area contributed by atoms with Crippen LogP contribution in [-0.4, -0.2) is 74.3 Å². The summed E-state index contributed by atoms with van der Waals surface area (Å²) in [5, 5.41) is 20.0. The normalized spacial score (nSPS) is 14.4. The number of carbonyl (C=O) groups is 2. The maximum atomic E-state index is 12.8. The number of nitrogens with zero attached hydrogens (tertiary/aromatic N) is 1. The first-order valence-electron chi connectivity index (χ1n) is 8.29. The molecule has 7 nitrogen and oxygen atoms in total. The van der Waals surface area contributed by atoms with Crippen LogP contribution < -0.4 is 69.3 Å². The quantitative estimate of drug-likeness (QED) is 0.174. The number of rotatable bonds is 10. The van der Waals surface area contributed by atoms with Crippen LogP contribution in [0.1, 0.15) is 12.8 Å². The molecule has 0 aromatic carbocycles. The van der Waals surface area contributed by atoms with Crippen molar-refractivity contribution in [3.8, 4) is 0 Å². The minimum Gasteiger partial charge on any atom is -0.550 e. The molecule has 0 rings (SSSR count). The van der Waals surface area contributed by atoms with E-state index in [4.69, 9.17) is 0 Å². The molecule has 0 heterocycles. The van der Waals surface area contributed by atoms with Gasteiger partial charge in [-0.05, 0) is 12.8 Å². The molecule has 0 fully saturated rings. The van der Waals surface area contributed by atoms with Crippen LogP contribution in [0.2, 0.25) is 0 Å². The number of hydrogen-bond acceptors (Lipinski definition) is 7. The largest absolute Gasteiger partial charge is 1.00 e. The molecule has 41 heavy (non-hydrogen) atoms. The summed E-state index contributed by atoms with van der Waals surface area (Å²) >= 11 is 0. The number of alkyl halides is 18. The maximum Gasteiger partial charge on any atom is 1.00 e. The van der Waals surface area contributed by atoms with Crippen LogP contribution in [0.5, 0.6) is 0 Å². The third-order valence-electron chi connectivity index (χ3n) is 3.79. The van der Waals surface area contributed by atoms with E-state index in [0.29, 0.717) is 0 Å². The van der Waals surface area contributed by atoms with E-state index in [9.17, 15) is 107 Å². The fourth-order valence-electron chi connectivity index (χ4n) is 1.72. The van der Waals surface area contributed by atoms with Crippen molar-refractivity contribution in [3.63, 3.8) is 0 Å². The second kappa shape index (κ2) is 14.9. The molecule has 0 amide bonds. The Hall–Kier alpha value is -0.700. The zero-order chi connectivity index (χ0) is 32.4. The Labute approximate surface area is 258 Å². The summed E-state index contributed by atoms with van der Waals surface area (Å²) in [6, 6.07) is -1.66. The summed E-state index contributed by atoms with van der Waals surface area (Å²) in [5.74, 6) is -54.2. The van der Waals surface area contributed by atoms with Gasteiger partial charge in [-0.3, -0.25) is 0 Å². The molecule has 0 saturated heterocycles. The molecule has 0 aliphatic rings. The van der Waals surface area contributed by atoms with Gasteiger partial charge in [0.05, 0.1) is 5.97 Å². The third-order valence-corrected chi connectivity index (χ3v) is 4.22. The first-order chi connectivity index (χ1) is 16.7. The number of carboxylic acid groups (broad SMARTS) is 2. The van der Waals surface area contributed by atoms with Gasteiger partial charge < -0.3 is 19.8 Å². The van der Waals surface area contributed by atoms with Crippen LogP contribution in [0.25, 0.3) is 0 Å². The average molecular weight is 691 g/mol. The molecule has 0 aliphatic carbocycles. The molecule has 1 atom stereocenters. The van der Waals surface area contributed by atoms with E-state index in [-0.39, 0.29) is 59.1 Å². The molecule has 28 heteroatoms.